The molecule has 3 nitrogen and oxygen atoms in total. The topological polar surface area (TPSA) is 54.4 Å². The second kappa shape index (κ2) is 5.07. The first kappa shape index (κ1) is 11.9. The van der Waals surface area contributed by atoms with E-state index in [9.17, 15) is 9.59 Å². The number of carboxylic acids is 1. The predicted octanol–water partition coefficient (Wildman–Crippen LogP) is 2.28. The lowest BCUT2D eigenvalue weighted by Crippen LogP contribution is -2.15. The van der Waals surface area contributed by atoms with Gasteiger partial charge in [0.1, 0.15) is 4.83 Å². The molecule has 0 fully saturated rings. The minimum Gasteiger partial charge on any atom is -0.480 e. The van der Waals surface area contributed by atoms with Crippen molar-refractivity contribution in [1.82, 2.24) is 0 Å². The summed E-state index contributed by atoms with van der Waals surface area (Å²) in [5, 5.41) is 8.69. The first-order valence-electron chi connectivity index (χ1n) is 4.47. The molecule has 0 spiro atoms. The first-order valence-corrected chi connectivity index (χ1v) is 5.39. The van der Waals surface area contributed by atoms with Crippen LogP contribution in [0.3, 0.4) is 0 Å². The van der Waals surface area contributed by atoms with Crippen LogP contribution < -0.4 is 0 Å². The van der Waals surface area contributed by atoms with E-state index in [4.69, 9.17) is 5.11 Å². The first-order chi connectivity index (χ1) is 7.00. The highest BCUT2D eigenvalue weighted by Gasteiger charge is 2.13. The molecule has 0 saturated heterocycles. The maximum atomic E-state index is 11.0. The molecule has 0 aromatic heterocycles. The number of rotatable bonds is 4. The average Bonchev–Trinajstić information content (AvgIpc) is 2.18. The number of benzene rings is 1. The number of carboxylic acid groups (broad SMARTS) is 1. The van der Waals surface area contributed by atoms with Gasteiger partial charge in [-0.3, -0.25) is 9.59 Å². The van der Waals surface area contributed by atoms with Crippen molar-refractivity contribution < 1.29 is 14.7 Å². The number of carbonyl (C=O) groups is 2. The van der Waals surface area contributed by atoms with Gasteiger partial charge in [0, 0.05) is 5.56 Å². The van der Waals surface area contributed by atoms with Gasteiger partial charge in [-0.15, -0.1) is 0 Å². The van der Waals surface area contributed by atoms with E-state index in [0.29, 0.717) is 12.0 Å². The quantitative estimate of drug-likeness (QED) is 0.675. The van der Waals surface area contributed by atoms with Crippen molar-refractivity contribution in [2.75, 3.05) is 0 Å². The Morgan fingerprint density at radius 1 is 1.33 bits per heavy atom. The van der Waals surface area contributed by atoms with E-state index in [0.717, 1.165) is 5.56 Å². The number of halogens is 1. The SMILES string of the molecule is CC(=O)c1ccc(C[C@H](Br)C(=O)O)cc1. The van der Waals surface area contributed by atoms with E-state index in [1.807, 2.05) is 0 Å². The van der Waals surface area contributed by atoms with Crippen LogP contribution in [-0.4, -0.2) is 21.7 Å². The number of hydrogen-bond donors (Lipinski definition) is 1. The van der Waals surface area contributed by atoms with Gasteiger partial charge in [-0.1, -0.05) is 40.2 Å². The van der Waals surface area contributed by atoms with Crippen LogP contribution in [0.2, 0.25) is 0 Å². The maximum Gasteiger partial charge on any atom is 0.317 e. The average molecular weight is 271 g/mol. The zero-order chi connectivity index (χ0) is 11.4. The second-order valence-electron chi connectivity index (χ2n) is 3.26. The van der Waals surface area contributed by atoms with Crippen LogP contribution in [0.15, 0.2) is 24.3 Å². The molecule has 0 aliphatic heterocycles. The van der Waals surface area contributed by atoms with Gasteiger partial charge in [0.25, 0.3) is 0 Å². The lowest BCUT2D eigenvalue weighted by Gasteiger charge is -2.04. The molecule has 80 valence electrons. The minimum atomic E-state index is -0.884. The van der Waals surface area contributed by atoms with Crippen LogP contribution >= 0.6 is 15.9 Å². The molecule has 0 bridgehead atoms. The third kappa shape index (κ3) is 3.47. The van der Waals surface area contributed by atoms with Gasteiger partial charge in [-0.05, 0) is 18.9 Å². The van der Waals surface area contributed by atoms with Crippen molar-refractivity contribution in [3.8, 4) is 0 Å². The molecule has 0 aliphatic carbocycles. The van der Waals surface area contributed by atoms with Crippen LogP contribution in [-0.2, 0) is 11.2 Å². The summed E-state index contributed by atoms with van der Waals surface area (Å²) in [6.45, 7) is 1.50. The van der Waals surface area contributed by atoms with Gasteiger partial charge >= 0.3 is 5.97 Å². The maximum absolute atomic E-state index is 11.0. The molecule has 0 saturated carbocycles. The lowest BCUT2D eigenvalue weighted by atomic mass is 10.1. The van der Waals surface area contributed by atoms with Crippen molar-refractivity contribution in [3.63, 3.8) is 0 Å². The highest BCUT2D eigenvalue weighted by molar-refractivity contribution is 9.10. The standard InChI is InChI=1S/C11H11BrO3/c1-7(13)9-4-2-8(3-5-9)6-10(12)11(14)15/h2-5,10H,6H2,1H3,(H,14,15)/t10-/m0/s1. The van der Waals surface area contributed by atoms with Crippen molar-refractivity contribution in [2.45, 2.75) is 18.2 Å². The zero-order valence-corrected chi connectivity index (χ0v) is 9.82. The Hall–Kier alpha value is -1.16. The normalized spacial score (nSPS) is 12.1. The van der Waals surface area contributed by atoms with Gasteiger partial charge in [0.2, 0.25) is 0 Å². The molecule has 1 rings (SSSR count). The summed E-state index contributed by atoms with van der Waals surface area (Å²) in [6, 6.07) is 6.96. The molecule has 1 N–H and O–H groups in total. The molecule has 0 aliphatic rings. The van der Waals surface area contributed by atoms with E-state index in [1.165, 1.54) is 6.92 Å². The molecule has 1 atom stereocenters. The van der Waals surface area contributed by atoms with Gasteiger partial charge in [0.05, 0.1) is 0 Å². The Bertz CT molecular complexity index is 370. The number of carbonyl (C=O) groups excluding carboxylic acids is 1. The van der Waals surface area contributed by atoms with Crippen LogP contribution in [0.1, 0.15) is 22.8 Å². The third-order valence-electron chi connectivity index (χ3n) is 2.04. The summed E-state index contributed by atoms with van der Waals surface area (Å²) in [7, 11) is 0. The third-order valence-corrected chi connectivity index (χ3v) is 2.76. The highest BCUT2D eigenvalue weighted by Crippen LogP contribution is 2.12. The highest BCUT2D eigenvalue weighted by atomic mass is 79.9. The van der Waals surface area contributed by atoms with E-state index in [-0.39, 0.29) is 5.78 Å². The Morgan fingerprint density at radius 3 is 2.27 bits per heavy atom. The van der Waals surface area contributed by atoms with Crippen LogP contribution in [0.4, 0.5) is 0 Å². The van der Waals surface area contributed by atoms with E-state index < -0.39 is 10.8 Å². The fourth-order valence-electron chi connectivity index (χ4n) is 1.17. The molecule has 0 amide bonds. The molecule has 15 heavy (non-hydrogen) atoms. The van der Waals surface area contributed by atoms with Crippen molar-refractivity contribution in [3.05, 3.63) is 35.4 Å². The summed E-state index contributed by atoms with van der Waals surface area (Å²) in [4.78, 5) is 21.0. The van der Waals surface area contributed by atoms with E-state index in [2.05, 4.69) is 15.9 Å². The molecule has 4 heteroatoms. The van der Waals surface area contributed by atoms with Crippen LogP contribution in [0, 0.1) is 0 Å². The molecule has 0 radical (unpaired) electrons. The summed E-state index contributed by atoms with van der Waals surface area (Å²) in [5.74, 6) is -0.874. The summed E-state index contributed by atoms with van der Waals surface area (Å²) in [5.41, 5.74) is 1.53. The lowest BCUT2D eigenvalue weighted by molar-refractivity contribution is -0.136. The number of hydrogen-bond acceptors (Lipinski definition) is 2. The molecule has 0 unspecified atom stereocenters. The number of ketones is 1. The molecular weight excluding hydrogens is 260 g/mol. The molecule has 1 aromatic carbocycles. The van der Waals surface area contributed by atoms with Crippen LogP contribution in [0.25, 0.3) is 0 Å². The smallest absolute Gasteiger partial charge is 0.317 e. The summed E-state index contributed by atoms with van der Waals surface area (Å²) >= 11 is 3.06. The Labute approximate surface area is 96.2 Å². The predicted molar refractivity (Wildman–Crippen MR) is 60.5 cm³/mol. The number of alkyl halides is 1. The van der Waals surface area contributed by atoms with Crippen molar-refractivity contribution in [2.24, 2.45) is 0 Å². The molecule has 1 aromatic rings. The van der Waals surface area contributed by atoms with E-state index in [1.54, 1.807) is 24.3 Å². The second-order valence-corrected chi connectivity index (χ2v) is 4.37. The Balaban J connectivity index is 2.72. The zero-order valence-electron chi connectivity index (χ0n) is 8.24. The largest absolute Gasteiger partial charge is 0.480 e. The fraction of sp³-hybridized carbons (Fsp3) is 0.273. The summed E-state index contributed by atoms with van der Waals surface area (Å²) in [6.07, 6.45) is 0.410. The molecular formula is C11H11BrO3. The van der Waals surface area contributed by atoms with Gasteiger partial charge in [-0.25, -0.2) is 0 Å². The Morgan fingerprint density at radius 2 is 1.87 bits per heavy atom. The monoisotopic (exact) mass is 270 g/mol. The number of aliphatic carboxylic acids is 1. The van der Waals surface area contributed by atoms with Crippen LogP contribution in [0.5, 0.6) is 0 Å². The molecule has 0 heterocycles. The minimum absolute atomic E-state index is 0.00942. The van der Waals surface area contributed by atoms with E-state index >= 15 is 0 Å². The fourth-order valence-corrected chi connectivity index (χ4v) is 1.54. The summed E-state index contributed by atoms with van der Waals surface area (Å²) < 4.78 is 0. The van der Waals surface area contributed by atoms with Gasteiger partial charge in [0.15, 0.2) is 5.78 Å². The number of Topliss-reactive ketones (excluding diaryl/α,β-unsaturated/α-hetero) is 1. The van der Waals surface area contributed by atoms with Crippen molar-refractivity contribution >= 4 is 27.7 Å². The van der Waals surface area contributed by atoms with Gasteiger partial charge < -0.3 is 5.11 Å². The Kier molecular flexibility index (Phi) is 4.03. The van der Waals surface area contributed by atoms with Crippen molar-refractivity contribution in [1.29, 1.82) is 0 Å². The van der Waals surface area contributed by atoms with Gasteiger partial charge in [-0.2, -0.15) is 0 Å².